The molecule has 0 N–H and O–H groups in total. The van der Waals surface area contributed by atoms with Gasteiger partial charge >= 0.3 is 0 Å². The summed E-state index contributed by atoms with van der Waals surface area (Å²) in [6, 6.07) is 6.80. The van der Waals surface area contributed by atoms with Gasteiger partial charge in [0.15, 0.2) is 11.5 Å². The number of benzene rings is 1. The van der Waals surface area contributed by atoms with E-state index in [1.54, 1.807) is 27.3 Å². The molecule has 3 aliphatic rings. The average Bonchev–Trinajstić information content (AvgIpc) is 3.33. The minimum Gasteiger partial charge on any atom is -0.485 e. The zero-order valence-electron chi connectivity index (χ0n) is 13.7. The van der Waals surface area contributed by atoms with Gasteiger partial charge in [0.05, 0.1) is 6.04 Å². The number of amides is 2. The van der Waals surface area contributed by atoms with Crippen LogP contribution < -0.4 is 14.4 Å². The molecule has 2 fully saturated rings. The minimum absolute atomic E-state index is 0.0251. The molecule has 1 aromatic carbocycles. The van der Waals surface area contributed by atoms with Crippen molar-refractivity contribution >= 4 is 40.4 Å². The maximum absolute atomic E-state index is 13.0. The molecule has 2 aromatic rings. The van der Waals surface area contributed by atoms with Gasteiger partial charge in [-0.1, -0.05) is 17.7 Å². The largest absolute Gasteiger partial charge is 0.485 e. The fourth-order valence-electron chi connectivity index (χ4n) is 3.90. The molecule has 0 radical (unpaired) electrons. The van der Waals surface area contributed by atoms with E-state index in [0.29, 0.717) is 47.6 Å². The molecular weight excluding hydrogens is 376 g/mol. The maximum Gasteiger partial charge on any atom is 0.268 e. The molecule has 26 heavy (non-hydrogen) atoms. The summed E-state index contributed by atoms with van der Waals surface area (Å²) in [7, 11) is 0. The zero-order chi connectivity index (χ0) is 17.8. The monoisotopic (exact) mass is 390 g/mol. The summed E-state index contributed by atoms with van der Waals surface area (Å²) >= 11 is 7.36. The van der Waals surface area contributed by atoms with Crippen LogP contribution in [0.3, 0.4) is 0 Å². The number of nitrogens with zero attached hydrogens (tertiary/aromatic N) is 2. The molecule has 5 rings (SSSR count). The first-order valence-corrected chi connectivity index (χ1v) is 9.66. The number of hydrogen-bond donors (Lipinski definition) is 0. The summed E-state index contributed by atoms with van der Waals surface area (Å²) in [5, 5.41) is 2.38. The van der Waals surface area contributed by atoms with Crippen LogP contribution in [-0.4, -0.2) is 48.6 Å². The fourth-order valence-corrected chi connectivity index (χ4v) is 4.97. The normalized spacial score (nSPS) is 23.7. The zero-order valence-corrected chi connectivity index (χ0v) is 15.3. The molecule has 2 amide bonds. The Morgan fingerprint density at radius 2 is 2.12 bits per heavy atom. The van der Waals surface area contributed by atoms with Crippen molar-refractivity contribution < 1.29 is 19.1 Å². The average molecular weight is 391 g/mol. The van der Waals surface area contributed by atoms with E-state index in [2.05, 4.69) is 0 Å². The fraction of sp³-hybridized carbons (Fsp3) is 0.333. The molecule has 0 saturated carbocycles. The van der Waals surface area contributed by atoms with E-state index in [1.807, 2.05) is 12.1 Å². The third-order valence-electron chi connectivity index (χ3n) is 5.01. The molecule has 8 heteroatoms. The highest BCUT2D eigenvalue weighted by Gasteiger charge is 2.52. The van der Waals surface area contributed by atoms with Crippen molar-refractivity contribution in [1.82, 2.24) is 4.90 Å². The number of likely N-dealkylation sites (tertiary alicyclic amines) is 1. The Kier molecular flexibility index (Phi) is 3.62. The Labute approximate surface area is 158 Å². The Balaban J connectivity index is 1.40. The lowest BCUT2D eigenvalue weighted by Gasteiger charge is -2.34. The van der Waals surface area contributed by atoms with Crippen molar-refractivity contribution in [1.29, 1.82) is 0 Å². The second-order valence-corrected chi connectivity index (χ2v) is 7.82. The number of ether oxygens (including phenoxy) is 2. The highest BCUT2D eigenvalue weighted by atomic mass is 35.5. The van der Waals surface area contributed by atoms with Gasteiger partial charge in [-0.25, -0.2) is 0 Å². The van der Waals surface area contributed by atoms with E-state index in [1.165, 1.54) is 11.3 Å². The van der Waals surface area contributed by atoms with E-state index in [0.717, 1.165) is 5.69 Å². The first-order chi connectivity index (χ1) is 12.6. The molecule has 3 aliphatic heterocycles. The smallest absolute Gasteiger partial charge is 0.268 e. The van der Waals surface area contributed by atoms with Crippen LogP contribution in [0.1, 0.15) is 16.1 Å². The van der Waals surface area contributed by atoms with Crippen molar-refractivity contribution in [2.45, 2.75) is 18.5 Å². The van der Waals surface area contributed by atoms with E-state index in [-0.39, 0.29) is 17.9 Å². The molecule has 2 atom stereocenters. The second-order valence-electron chi connectivity index (χ2n) is 6.51. The Morgan fingerprint density at radius 3 is 2.92 bits per heavy atom. The van der Waals surface area contributed by atoms with Crippen molar-refractivity contribution in [3.63, 3.8) is 0 Å². The quantitative estimate of drug-likeness (QED) is 0.791. The standard InChI is InChI=1S/C18H15ClN2O4S/c19-10-2-1-3-11(6-10)21-12-7-13(17(21)22)20(8-12)18(23)16-15-14(9-26-16)24-4-5-25-15/h1-3,6,9,12-13H,4-5,7-8H2/t12-,13-/m0/s1. The first-order valence-electron chi connectivity index (χ1n) is 8.40. The minimum atomic E-state index is -0.436. The summed E-state index contributed by atoms with van der Waals surface area (Å²) < 4.78 is 11.1. The lowest BCUT2D eigenvalue weighted by Crippen LogP contribution is -2.52. The highest BCUT2D eigenvalue weighted by molar-refractivity contribution is 7.12. The summed E-state index contributed by atoms with van der Waals surface area (Å²) in [5.41, 5.74) is 0.785. The molecule has 0 aliphatic carbocycles. The molecule has 4 heterocycles. The lowest BCUT2D eigenvalue weighted by molar-refractivity contribution is -0.121. The molecule has 2 bridgehead atoms. The third kappa shape index (κ3) is 2.30. The van der Waals surface area contributed by atoms with Crippen LogP contribution in [0.15, 0.2) is 29.6 Å². The predicted octanol–water partition coefficient (Wildman–Crippen LogP) is 2.80. The number of fused-ring (bicyclic) bond motifs is 3. The highest BCUT2D eigenvalue weighted by Crippen LogP contribution is 2.43. The number of piperazine rings is 1. The van der Waals surface area contributed by atoms with Crippen molar-refractivity contribution in [2.75, 3.05) is 24.7 Å². The van der Waals surface area contributed by atoms with Crippen LogP contribution in [0, 0.1) is 0 Å². The van der Waals surface area contributed by atoms with Gasteiger partial charge in [0, 0.05) is 22.6 Å². The van der Waals surface area contributed by atoms with Crippen LogP contribution in [0.5, 0.6) is 11.5 Å². The summed E-state index contributed by atoms with van der Waals surface area (Å²) in [4.78, 5) is 29.9. The summed E-state index contributed by atoms with van der Waals surface area (Å²) in [6.07, 6.45) is 0.641. The summed E-state index contributed by atoms with van der Waals surface area (Å²) in [5.74, 6) is 0.904. The maximum atomic E-state index is 13.0. The number of anilines is 1. The number of rotatable bonds is 2. The van der Waals surface area contributed by atoms with Gasteiger partial charge in [0.25, 0.3) is 5.91 Å². The van der Waals surface area contributed by atoms with Gasteiger partial charge in [0.2, 0.25) is 5.91 Å². The Bertz CT molecular complexity index is 914. The molecule has 6 nitrogen and oxygen atoms in total. The predicted molar refractivity (Wildman–Crippen MR) is 97.5 cm³/mol. The number of thiophene rings is 1. The van der Waals surface area contributed by atoms with Crippen molar-refractivity contribution in [2.24, 2.45) is 0 Å². The SMILES string of the molecule is O=C(c1scc2c1OCCO2)N1C[C@@H]2C[C@H]1C(=O)N2c1cccc(Cl)c1. The van der Waals surface area contributed by atoms with Crippen molar-refractivity contribution in [3.05, 3.63) is 39.5 Å². The number of carbonyl (C=O) groups is 2. The first kappa shape index (κ1) is 16.0. The molecule has 1 aromatic heterocycles. The van der Waals surface area contributed by atoms with E-state index >= 15 is 0 Å². The van der Waals surface area contributed by atoms with Gasteiger partial charge in [-0.3, -0.25) is 9.59 Å². The third-order valence-corrected chi connectivity index (χ3v) is 6.17. The number of halogens is 1. The topological polar surface area (TPSA) is 59.1 Å². The number of hydrogen-bond acceptors (Lipinski definition) is 5. The summed E-state index contributed by atoms with van der Waals surface area (Å²) in [6.45, 7) is 1.42. The van der Waals surface area contributed by atoms with Gasteiger partial charge < -0.3 is 19.3 Å². The molecule has 2 saturated heterocycles. The second kappa shape index (κ2) is 5.89. The van der Waals surface area contributed by atoms with E-state index in [9.17, 15) is 9.59 Å². The van der Waals surface area contributed by atoms with Gasteiger partial charge in [-0.05, 0) is 24.6 Å². The van der Waals surface area contributed by atoms with Crippen LogP contribution in [0.25, 0.3) is 0 Å². The van der Waals surface area contributed by atoms with E-state index < -0.39 is 6.04 Å². The van der Waals surface area contributed by atoms with Gasteiger partial charge in [-0.15, -0.1) is 11.3 Å². The van der Waals surface area contributed by atoms with Crippen LogP contribution >= 0.6 is 22.9 Å². The molecule has 134 valence electrons. The molecule has 0 unspecified atom stereocenters. The van der Waals surface area contributed by atoms with Gasteiger partial charge in [0.1, 0.15) is 24.1 Å². The van der Waals surface area contributed by atoms with Gasteiger partial charge in [-0.2, -0.15) is 0 Å². The molecular formula is C18H15ClN2O4S. The molecule has 0 spiro atoms. The number of carbonyl (C=O) groups excluding carboxylic acids is 2. The van der Waals surface area contributed by atoms with Crippen molar-refractivity contribution in [3.8, 4) is 11.5 Å². The van der Waals surface area contributed by atoms with Crippen LogP contribution in [-0.2, 0) is 4.79 Å². The van der Waals surface area contributed by atoms with Crippen LogP contribution in [0.2, 0.25) is 5.02 Å². The van der Waals surface area contributed by atoms with Crippen LogP contribution in [0.4, 0.5) is 5.69 Å². The Hall–Kier alpha value is -2.25. The lowest BCUT2D eigenvalue weighted by atomic mass is 10.2. The Morgan fingerprint density at radius 1 is 1.27 bits per heavy atom. The van der Waals surface area contributed by atoms with E-state index in [4.69, 9.17) is 21.1 Å².